The van der Waals surface area contributed by atoms with Gasteiger partial charge in [0, 0.05) is 12.5 Å². The van der Waals surface area contributed by atoms with Crippen molar-refractivity contribution in [2.45, 2.75) is 18.4 Å². The third kappa shape index (κ3) is 0.959. The molecule has 11 heavy (non-hydrogen) atoms. The summed E-state index contributed by atoms with van der Waals surface area (Å²) < 4.78 is 10.1. The van der Waals surface area contributed by atoms with Crippen molar-refractivity contribution in [2.24, 2.45) is 0 Å². The zero-order valence-electron chi connectivity index (χ0n) is 6.42. The van der Waals surface area contributed by atoms with Gasteiger partial charge in [-0.05, 0) is 6.42 Å². The fourth-order valence-corrected chi connectivity index (χ4v) is 1.33. The Labute approximate surface area is 65.0 Å². The minimum Gasteiger partial charge on any atom is -0.501 e. The molecule has 0 aromatic heterocycles. The van der Waals surface area contributed by atoms with Crippen LogP contribution in [0.4, 0.5) is 0 Å². The third-order valence-electron chi connectivity index (χ3n) is 2.27. The standard InChI is InChI=1S/C8H10O3/c1-10-6-2-3-8(5-11-8)7(9)4-6/h4H,2-3,5H2,1H3/t8-/m0/s1. The van der Waals surface area contributed by atoms with E-state index in [2.05, 4.69) is 0 Å². The molecule has 3 nitrogen and oxygen atoms in total. The van der Waals surface area contributed by atoms with E-state index in [1.165, 1.54) is 0 Å². The summed E-state index contributed by atoms with van der Waals surface area (Å²) in [5.41, 5.74) is -0.429. The number of ketones is 1. The fourth-order valence-electron chi connectivity index (χ4n) is 1.33. The SMILES string of the molecule is COC1=CC(=O)[C@]2(CC1)CO2. The van der Waals surface area contributed by atoms with Crippen LogP contribution in [0, 0.1) is 0 Å². The molecule has 1 aliphatic carbocycles. The molecular formula is C8H10O3. The first-order chi connectivity index (χ1) is 5.27. The average Bonchev–Trinajstić information content (AvgIpc) is 2.77. The topological polar surface area (TPSA) is 38.8 Å². The molecule has 0 bridgehead atoms. The molecule has 1 fully saturated rings. The van der Waals surface area contributed by atoms with E-state index in [1.807, 2.05) is 0 Å². The van der Waals surface area contributed by atoms with Gasteiger partial charge in [-0.1, -0.05) is 0 Å². The van der Waals surface area contributed by atoms with Gasteiger partial charge < -0.3 is 9.47 Å². The van der Waals surface area contributed by atoms with Crippen molar-refractivity contribution in [2.75, 3.05) is 13.7 Å². The largest absolute Gasteiger partial charge is 0.501 e. The van der Waals surface area contributed by atoms with Crippen molar-refractivity contribution in [3.8, 4) is 0 Å². The number of carbonyl (C=O) groups is 1. The fraction of sp³-hybridized carbons (Fsp3) is 0.625. The van der Waals surface area contributed by atoms with Gasteiger partial charge in [0.25, 0.3) is 0 Å². The minimum absolute atomic E-state index is 0.0700. The van der Waals surface area contributed by atoms with Crippen LogP contribution in [0.25, 0.3) is 0 Å². The van der Waals surface area contributed by atoms with Crippen molar-refractivity contribution >= 4 is 5.78 Å². The maximum Gasteiger partial charge on any atom is 0.193 e. The van der Waals surface area contributed by atoms with Crippen LogP contribution >= 0.6 is 0 Å². The molecule has 2 rings (SSSR count). The highest BCUT2D eigenvalue weighted by molar-refractivity contribution is 6.00. The van der Waals surface area contributed by atoms with Crippen LogP contribution in [0.1, 0.15) is 12.8 Å². The minimum atomic E-state index is -0.429. The van der Waals surface area contributed by atoms with E-state index in [-0.39, 0.29) is 5.78 Å². The molecule has 0 radical (unpaired) electrons. The van der Waals surface area contributed by atoms with Crippen LogP contribution in [0.3, 0.4) is 0 Å². The summed E-state index contributed by atoms with van der Waals surface area (Å²) in [5.74, 6) is 0.844. The molecular weight excluding hydrogens is 144 g/mol. The lowest BCUT2D eigenvalue weighted by Gasteiger charge is -2.15. The molecule has 0 aromatic rings. The van der Waals surface area contributed by atoms with Gasteiger partial charge in [0.05, 0.1) is 19.5 Å². The second kappa shape index (κ2) is 2.08. The summed E-state index contributed by atoms with van der Waals surface area (Å²) in [6, 6.07) is 0. The smallest absolute Gasteiger partial charge is 0.193 e. The molecule has 1 spiro atoms. The molecule has 0 aromatic carbocycles. The van der Waals surface area contributed by atoms with Crippen molar-refractivity contribution in [3.63, 3.8) is 0 Å². The van der Waals surface area contributed by atoms with Gasteiger partial charge in [0.1, 0.15) is 0 Å². The Bertz CT molecular complexity index is 225. The van der Waals surface area contributed by atoms with Crippen LogP contribution in [0.2, 0.25) is 0 Å². The van der Waals surface area contributed by atoms with Gasteiger partial charge in [-0.2, -0.15) is 0 Å². The monoisotopic (exact) mass is 154 g/mol. The third-order valence-corrected chi connectivity index (χ3v) is 2.27. The van der Waals surface area contributed by atoms with Gasteiger partial charge in [-0.25, -0.2) is 0 Å². The number of epoxide rings is 1. The van der Waals surface area contributed by atoms with E-state index in [1.54, 1.807) is 13.2 Å². The summed E-state index contributed by atoms with van der Waals surface area (Å²) in [6.07, 6.45) is 3.16. The van der Waals surface area contributed by atoms with E-state index in [9.17, 15) is 4.79 Å². The molecule has 0 saturated carbocycles. The second-order valence-electron chi connectivity index (χ2n) is 2.96. The number of hydrogen-bond acceptors (Lipinski definition) is 3. The quantitative estimate of drug-likeness (QED) is 0.520. The van der Waals surface area contributed by atoms with Crippen LogP contribution in [0.5, 0.6) is 0 Å². The van der Waals surface area contributed by atoms with Crippen LogP contribution < -0.4 is 0 Å². The Balaban J connectivity index is 2.18. The summed E-state index contributed by atoms with van der Waals surface area (Å²) in [7, 11) is 1.59. The zero-order valence-corrected chi connectivity index (χ0v) is 6.42. The lowest BCUT2D eigenvalue weighted by Crippen LogP contribution is -2.26. The average molecular weight is 154 g/mol. The number of carbonyl (C=O) groups excluding carboxylic acids is 1. The van der Waals surface area contributed by atoms with E-state index in [4.69, 9.17) is 9.47 Å². The van der Waals surface area contributed by atoms with Crippen molar-refractivity contribution in [3.05, 3.63) is 11.8 Å². The van der Waals surface area contributed by atoms with Crippen LogP contribution in [-0.2, 0) is 14.3 Å². The number of methoxy groups -OCH3 is 1. The number of ether oxygens (including phenoxy) is 2. The second-order valence-corrected chi connectivity index (χ2v) is 2.96. The molecule has 1 aliphatic heterocycles. The Hall–Kier alpha value is -0.830. The normalized spacial score (nSPS) is 35.4. The maximum atomic E-state index is 11.3. The Morgan fingerprint density at radius 1 is 1.73 bits per heavy atom. The lowest BCUT2D eigenvalue weighted by atomic mass is 9.93. The summed E-state index contributed by atoms with van der Waals surface area (Å²) in [5, 5.41) is 0. The van der Waals surface area contributed by atoms with E-state index in [0.717, 1.165) is 18.6 Å². The van der Waals surface area contributed by atoms with Crippen LogP contribution in [0.15, 0.2) is 11.8 Å². The predicted octanol–water partition coefficient (Wildman–Crippen LogP) is 0.649. The molecule has 2 aliphatic rings. The van der Waals surface area contributed by atoms with Crippen molar-refractivity contribution in [1.29, 1.82) is 0 Å². The highest BCUT2D eigenvalue weighted by atomic mass is 16.6. The van der Waals surface area contributed by atoms with Gasteiger partial charge in [-0.3, -0.25) is 4.79 Å². The van der Waals surface area contributed by atoms with E-state index in [0.29, 0.717) is 6.61 Å². The van der Waals surface area contributed by atoms with E-state index < -0.39 is 5.60 Å². The number of rotatable bonds is 1. The molecule has 1 heterocycles. The highest BCUT2D eigenvalue weighted by Gasteiger charge is 2.52. The van der Waals surface area contributed by atoms with Gasteiger partial charge in [-0.15, -0.1) is 0 Å². The Kier molecular flexibility index (Phi) is 1.29. The zero-order chi connectivity index (χ0) is 7.90. The molecule has 1 saturated heterocycles. The number of hydrogen-bond donors (Lipinski definition) is 0. The van der Waals surface area contributed by atoms with Gasteiger partial charge >= 0.3 is 0 Å². The van der Waals surface area contributed by atoms with E-state index >= 15 is 0 Å². The van der Waals surface area contributed by atoms with Crippen molar-refractivity contribution in [1.82, 2.24) is 0 Å². The molecule has 1 atom stereocenters. The summed E-state index contributed by atoms with van der Waals surface area (Å²) >= 11 is 0. The molecule has 0 unspecified atom stereocenters. The molecule has 3 heteroatoms. The first kappa shape index (κ1) is 6.85. The van der Waals surface area contributed by atoms with Gasteiger partial charge in [0.2, 0.25) is 0 Å². The van der Waals surface area contributed by atoms with Gasteiger partial charge in [0.15, 0.2) is 11.4 Å². The summed E-state index contributed by atoms with van der Waals surface area (Å²) in [4.78, 5) is 11.3. The molecule has 60 valence electrons. The molecule has 0 N–H and O–H groups in total. The number of allylic oxidation sites excluding steroid dienone is 1. The highest BCUT2D eigenvalue weighted by Crippen LogP contribution is 2.38. The molecule has 0 amide bonds. The summed E-state index contributed by atoms with van der Waals surface area (Å²) in [6.45, 7) is 0.597. The Morgan fingerprint density at radius 2 is 2.45 bits per heavy atom. The Morgan fingerprint density at radius 3 is 2.91 bits per heavy atom. The maximum absolute atomic E-state index is 11.3. The van der Waals surface area contributed by atoms with Crippen LogP contribution in [-0.4, -0.2) is 25.1 Å². The first-order valence-electron chi connectivity index (χ1n) is 3.70. The van der Waals surface area contributed by atoms with Crippen molar-refractivity contribution < 1.29 is 14.3 Å². The predicted molar refractivity (Wildman–Crippen MR) is 38.0 cm³/mol. The first-order valence-corrected chi connectivity index (χ1v) is 3.70. The lowest BCUT2D eigenvalue weighted by molar-refractivity contribution is -0.120.